The van der Waals surface area contributed by atoms with Gasteiger partial charge in [0.1, 0.15) is 11.6 Å². The lowest BCUT2D eigenvalue weighted by Crippen LogP contribution is -2.08. The molecule has 0 amide bonds. The molecule has 0 bridgehead atoms. The number of phenolic OH excluding ortho intramolecular Hbond substituents is 1. The molecule has 1 heterocycles. The average Bonchev–Trinajstić information content (AvgIpc) is 3.21. The van der Waals surface area contributed by atoms with Gasteiger partial charge in [-0.2, -0.15) is 0 Å². The summed E-state index contributed by atoms with van der Waals surface area (Å²) in [7, 11) is 1.45. The van der Waals surface area contributed by atoms with E-state index in [1.165, 1.54) is 41.9 Å². The quantitative estimate of drug-likeness (QED) is 0.0345. The molecule has 292 valence electrons. The van der Waals surface area contributed by atoms with E-state index in [0.29, 0.717) is 35.4 Å². The highest BCUT2D eigenvalue weighted by atomic mass is 16.5. The third-order valence-corrected chi connectivity index (χ3v) is 10.3. The van der Waals surface area contributed by atoms with Crippen LogP contribution in [0.4, 0.5) is 5.82 Å². The number of benzene rings is 4. The van der Waals surface area contributed by atoms with Crippen molar-refractivity contribution in [2.45, 2.75) is 89.9 Å². The summed E-state index contributed by atoms with van der Waals surface area (Å²) in [6.45, 7) is -0.432. The normalized spacial score (nSPS) is 11.4. The highest BCUT2D eigenvalue weighted by Gasteiger charge is 2.18. The predicted molar refractivity (Wildman–Crippen MR) is 226 cm³/mol. The van der Waals surface area contributed by atoms with Crippen LogP contribution in [0.15, 0.2) is 115 Å². The molecule has 4 N–H and O–H groups in total. The molecule has 7 heteroatoms. The van der Waals surface area contributed by atoms with E-state index < -0.39 is 6.61 Å². The number of aromatic nitrogens is 1. The molecule has 56 heavy (non-hydrogen) atoms. The molecule has 5 aromatic rings. The zero-order valence-electron chi connectivity index (χ0n) is 32.7. The van der Waals surface area contributed by atoms with Gasteiger partial charge in [-0.15, -0.1) is 0 Å². The first kappa shape index (κ1) is 41.6. The molecule has 0 fully saturated rings. The van der Waals surface area contributed by atoms with Crippen LogP contribution in [-0.4, -0.2) is 40.5 Å². The number of aliphatic hydroxyl groups is 1. The van der Waals surface area contributed by atoms with Crippen molar-refractivity contribution in [3.8, 4) is 11.5 Å². The lowest BCUT2D eigenvalue weighted by Gasteiger charge is -2.17. The molecule has 0 aliphatic carbocycles. The van der Waals surface area contributed by atoms with Crippen LogP contribution in [-0.2, 0) is 48.1 Å². The minimum absolute atomic E-state index is 0.0569. The molecule has 4 aromatic carbocycles. The zero-order valence-corrected chi connectivity index (χ0v) is 32.7. The van der Waals surface area contributed by atoms with Gasteiger partial charge in [-0.1, -0.05) is 111 Å². The number of aliphatic hydroxyl groups excluding tert-OH is 1. The molecular weight excluding hydrogens is 697 g/mol. The molecule has 0 saturated carbocycles. The number of aromatic hydroxyl groups is 1. The van der Waals surface area contributed by atoms with Crippen molar-refractivity contribution in [2.75, 3.05) is 19.5 Å². The van der Waals surface area contributed by atoms with Gasteiger partial charge in [0, 0.05) is 12.6 Å². The van der Waals surface area contributed by atoms with Crippen LogP contribution < -0.4 is 10.5 Å². The van der Waals surface area contributed by atoms with Gasteiger partial charge in [0.05, 0.1) is 20.1 Å². The van der Waals surface area contributed by atoms with Crippen LogP contribution >= 0.6 is 0 Å². The van der Waals surface area contributed by atoms with Gasteiger partial charge in [-0.05, 0) is 126 Å². The number of nitrogens with two attached hydrogens (primary N) is 1. The number of carbonyl (C=O) groups excluding carboxylic acids is 2. The smallest absolute Gasteiger partial charge is 0.163 e. The van der Waals surface area contributed by atoms with Crippen LogP contribution in [0.5, 0.6) is 11.5 Å². The second kappa shape index (κ2) is 22.1. The number of nitrogens with zero attached hydrogens (tertiary/aromatic N) is 1. The Kier molecular flexibility index (Phi) is 16.5. The van der Waals surface area contributed by atoms with Crippen LogP contribution in [0.2, 0.25) is 0 Å². The molecule has 0 atom stereocenters. The first-order valence-electron chi connectivity index (χ1n) is 20.0. The summed E-state index contributed by atoms with van der Waals surface area (Å²) in [4.78, 5) is 30.3. The van der Waals surface area contributed by atoms with Gasteiger partial charge in [-0.3, -0.25) is 9.59 Å². The van der Waals surface area contributed by atoms with Gasteiger partial charge in [0.2, 0.25) is 0 Å². The number of pyridine rings is 1. The fourth-order valence-electron chi connectivity index (χ4n) is 7.25. The highest BCUT2D eigenvalue weighted by Crippen LogP contribution is 2.35. The lowest BCUT2D eigenvalue weighted by molar-refractivity contribution is -0.124. The number of carbonyl (C=O) groups is 2. The summed E-state index contributed by atoms with van der Waals surface area (Å²) >= 11 is 0. The molecule has 0 aliphatic rings. The third kappa shape index (κ3) is 13.3. The summed E-state index contributed by atoms with van der Waals surface area (Å²) in [6, 6.07) is 34.8. The summed E-state index contributed by atoms with van der Waals surface area (Å²) in [5.41, 5.74) is 14.9. The summed E-state index contributed by atoms with van der Waals surface area (Å²) in [6.07, 6.45) is 14.4. The molecule has 0 unspecified atom stereocenters. The number of aryl methyl sites for hydroxylation is 5. The fraction of sp³-hybridized carbons (Fsp3) is 0.327. The highest BCUT2D eigenvalue weighted by molar-refractivity contribution is 6.07. The first-order valence-corrected chi connectivity index (χ1v) is 20.0. The van der Waals surface area contributed by atoms with Crippen LogP contribution in [0.1, 0.15) is 95.9 Å². The van der Waals surface area contributed by atoms with Crippen molar-refractivity contribution in [3.05, 3.63) is 160 Å². The number of unbranched alkanes of at least 4 members (excludes halogenated alkanes) is 5. The first-order chi connectivity index (χ1) is 27.3. The Morgan fingerprint density at radius 3 is 1.96 bits per heavy atom. The number of nitrogen functional groups attached to an aromatic ring is 1. The van der Waals surface area contributed by atoms with Crippen molar-refractivity contribution in [1.29, 1.82) is 0 Å². The van der Waals surface area contributed by atoms with Crippen molar-refractivity contribution < 1.29 is 24.5 Å². The van der Waals surface area contributed by atoms with Crippen molar-refractivity contribution in [2.24, 2.45) is 0 Å². The number of allylic oxidation sites excluding steroid dienone is 1. The lowest BCUT2D eigenvalue weighted by atomic mass is 9.91. The Bertz CT molecular complexity index is 2040. The second-order valence-electron chi connectivity index (χ2n) is 14.7. The Balaban J connectivity index is 1.19. The summed E-state index contributed by atoms with van der Waals surface area (Å²) < 4.78 is 5.41. The predicted octanol–water partition coefficient (Wildman–Crippen LogP) is 9.42. The van der Waals surface area contributed by atoms with E-state index in [-0.39, 0.29) is 29.5 Å². The maximum absolute atomic E-state index is 13.1. The number of phenols is 1. The number of hydrogen-bond donors (Lipinski definition) is 3. The molecule has 1 aromatic heterocycles. The van der Waals surface area contributed by atoms with E-state index >= 15 is 0 Å². The van der Waals surface area contributed by atoms with Crippen molar-refractivity contribution >= 4 is 23.0 Å². The second-order valence-corrected chi connectivity index (χ2v) is 14.7. The fourth-order valence-corrected chi connectivity index (χ4v) is 7.25. The Morgan fingerprint density at radius 2 is 1.29 bits per heavy atom. The minimum atomic E-state index is -0.432. The standard InChI is InChI=1S/C49H56N2O5/c1-56-48-33-46(43(35-52)29-45(54)32-44(53)22-13-5-3-2-4-8-15-36-16-9-6-10-17-36)41(30-47(48)55)28-42-34-51-49(50)31-40(42)26-25-39-21-14-20-38(27-39)24-23-37-18-11-7-12-19-37/h6-7,9-12,14,16-21,27,29-31,33-34,52,55H,2-5,8,13,15,22-26,28,32,35H2,1H3,(H2,50,51). The molecular formula is C49H56N2O5. The number of hydrogen-bond acceptors (Lipinski definition) is 7. The number of anilines is 1. The van der Waals surface area contributed by atoms with Gasteiger partial charge in [0.25, 0.3) is 0 Å². The maximum Gasteiger partial charge on any atom is 0.163 e. The summed E-state index contributed by atoms with van der Waals surface area (Å²) in [5.74, 6) is 0.116. The molecule has 0 radical (unpaired) electrons. The van der Waals surface area contributed by atoms with Crippen LogP contribution in [0, 0.1) is 0 Å². The van der Waals surface area contributed by atoms with Crippen molar-refractivity contribution in [3.63, 3.8) is 0 Å². The molecule has 0 saturated heterocycles. The van der Waals surface area contributed by atoms with E-state index in [9.17, 15) is 19.8 Å². The van der Waals surface area contributed by atoms with Crippen LogP contribution in [0.25, 0.3) is 5.57 Å². The van der Waals surface area contributed by atoms with Gasteiger partial charge < -0.3 is 20.7 Å². The third-order valence-electron chi connectivity index (χ3n) is 10.3. The van der Waals surface area contributed by atoms with E-state index in [1.807, 2.05) is 18.2 Å². The molecule has 7 nitrogen and oxygen atoms in total. The number of ketones is 2. The number of Topliss-reactive ketones (excluding diaryl/α,β-unsaturated/α-hetero) is 1. The number of rotatable bonds is 23. The van der Waals surface area contributed by atoms with Crippen LogP contribution in [0.3, 0.4) is 0 Å². The molecule has 0 aliphatic heterocycles. The average molecular weight is 753 g/mol. The molecule has 5 rings (SSSR count). The van der Waals surface area contributed by atoms with E-state index in [2.05, 4.69) is 77.8 Å². The van der Waals surface area contributed by atoms with E-state index in [4.69, 9.17) is 10.5 Å². The van der Waals surface area contributed by atoms with E-state index in [1.54, 1.807) is 18.3 Å². The Morgan fingerprint density at radius 1 is 0.679 bits per heavy atom. The largest absolute Gasteiger partial charge is 0.504 e. The zero-order chi connectivity index (χ0) is 39.5. The molecule has 0 spiro atoms. The Hall–Kier alpha value is -5.53. The van der Waals surface area contributed by atoms with Gasteiger partial charge in [0.15, 0.2) is 17.3 Å². The monoisotopic (exact) mass is 752 g/mol. The van der Waals surface area contributed by atoms with Crippen molar-refractivity contribution in [1.82, 2.24) is 4.98 Å². The van der Waals surface area contributed by atoms with Gasteiger partial charge >= 0.3 is 0 Å². The maximum atomic E-state index is 13.1. The van der Waals surface area contributed by atoms with E-state index in [0.717, 1.165) is 75.3 Å². The minimum Gasteiger partial charge on any atom is -0.504 e. The topological polar surface area (TPSA) is 123 Å². The summed E-state index contributed by atoms with van der Waals surface area (Å²) in [5, 5.41) is 21.3. The van der Waals surface area contributed by atoms with Gasteiger partial charge in [-0.25, -0.2) is 4.98 Å². The SMILES string of the molecule is COc1cc(C(=CC(=O)CC(=O)CCCCCCCCc2ccccc2)CO)c(Cc2cnc(N)cc2CCc2cccc(CCc3ccccc3)c2)cc1O. The number of ether oxygens (including phenoxy) is 1. The number of methoxy groups -OCH3 is 1. The Labute approximate surface area is 332 Å².